The molecular weight excluding hydrogens is 360 g/mol. The summed E-state index contributed by atoms with van der Waals surface area (Å²) < 4.78 is 23.0. The molecule has 1 aliphatic heterocycles. The molecule has 1 atom stereocenters. The molecule has 0 saturated carbocycles. The van der Waals surface area contributed by atoms with Crippen LogP contribution in [-0.2, 0) is 14.6 Å². The van der Waals surface area contributed by atoms with Gasteiger partial charge >= 0.3 is 0 Å². The minimum absolute atomic E-state index is 0.0411. The Morgan fingerprint density at radius 1 is 1.38 bits per heavy atom. The molecule has 1 fully saturated rings. The predicted molar refractivity (Wildman–Crippen MR) is 97.9 cm³/mol. The predicted octanol–water partition coefficient (Wildman–Crippen LogP) is 0.916. The van der Waals surface area contributed by atoms with Gasteiger partial charge in [-0.05, 0) is 44.0 Å². The van der Waals surface area contributed by atoms with E-state index in [4.69, 9.17) is 0 Å². The molecule has 0 bridgehead atoms. The molecule has 1 heterocycles. The molecule has 1 aromatic carbocycles. The van der Waals surface area contributed by atoms with Crippen molar-refractivity contribution in [2.24, 2.45) is 5.92 Å². The molecule has 3 N–H and O–H groups in total. The third kappa shape index (κ3) is 5.95. The summed E-state index contributed by atoms with van der Waals surface area (Å²) in [6, 6.07) is 3.72. The van der Waals surface area contributed by atoms with Gasteiger partial charge in [0, 0.05) is 31.8 Å². The van der Waals surface area contributed by atoms with Crippen molar-refractivity contribution < 1.29 is 18.1 Å². The summed E-state index contributed by atoms with van der Waals surface area (Å²) in [5.41, 5.74) is -0.0957. The van der Waals surface area contributed by atoms with Crippen LogP contribution in [0.3, 0.4) is 0 Å². The molecule has 0 radical (unpaired) electrons. The average Bonchev–Trinajstić information content (AvgIpc) is 3.09. The van der Waals surface area contributed by atoms with Crippen LogP contribution in [0.15, 0.2) is 23.1 Å². The Balaban J connectivity index is 1.81. The zero-order chi connectivity index (χ0) is 19.2. The number of rotatable bonds is 9. The highest BCUT2D eigenvalue weighted by atomic mass is 32.2. The van der Waals surface area contributed by atoms with Crippen molar-refractivity contribution in [3.8, 4) is 0 Å². The number of benzene rings is 1. The van der Waals surface area contributed by atoms with Gasteiger partial charge in [-0.1, -0.05) is 0 Å². The lowest BCUT2D eigenvalue weighted by Crippen LogP contribution is -2.29. The van der Waals surface area contributed by atoms with Gasteiger partial charge in [0.05, 0.1) is 9.82 Å². The van der Waals surface area contributed by atoms with Gasteiger partial charge in [-0.2, -0.15) is 0 Å². The number of anilines is 1. The quantitative estimate of drug-likeness (QED) is 0.328. The number of carbonyl (C=O) groups is 1. The van der Waals surface area contributed by atoms with E-state index < -0.39 is 14.8 Å². The van der Waals surface area contributed by atoms with E-state index in [1.165, 1.54) is 12.1 Å². The Labute approximate surface area is 152 Å². The number of hydrogen-bond acceptors (Lipinski definition) is 7. The van der Waals surface area contributed by atoms with Crippen molar-refractivity contribution in [3.05, 3.63) is 28.3 Å². The van der Waals surface area contributed by atoms with Crippen molar-refractivity contribution in [1.82, 2.24) is 10.6 Å². The molecule has 1 aromatic rings. The molecule has 0 aromatic heterocycles. The SMILES string of the molecule is CS(=O)(=O)c1ccc(NCCNC(=O)CCC2CCNC2)c([N+](=O)[O-])c1. The maximum Gasteiger partial charge on any atom is 0.293 e. The fourth-order valence-electron chi connectivity index (χ4n) is 2.83. The largest absolute Gasteiger partial charge is 0.378 e. The normalized spacial score (nSPS) is 17.0. The summed E-state index contributed by atoms with van der Waals surface area (Å²) in [6.07, 6.45) is 3.42. The molecule has 1 saturated heterocycles. The fraction of sp³-hybridized carbons (Fsp3) is 0.562. The maximum absolute atomic E-state index is 11.8. The topological polar surface area (TPSA) is 130 Å². The van der Waals surface area contributed by atoms with Gasteiger partial charge < -0.3 is 16.0 Å². The van der Waals surface area contributed by atoms with E-state index in [0.29, 0.717) is 25.4 Å². The van der Waals surface area contributed by atoms with Crippen molar-refractivity contribution in [2.45, 2.75) is 24.2 Å². The first-order chi connectivity index (χ1) is 12.3. The van der Waals surface area contributed by atoms with Crippen LogP contribution < -0.4 is 16.0 Å². The van der Waals surface area contributed by atoms with Crippen LogP contribution in [-0.4, -0.2) is 51.7 Å². The number of nitro groups is 1. The van der Waals surface area contributed by atoms with Crippen LogP contribution in [0.2, 0.25) is 0 Å². The van der Waals surface area contributed by atoms with E-state index in [1.807, 2.05) is 0 Å². The number of nitrogens with one attached hydrogen (secondary N) is 3. The van der Waals surface area contributed by atoms with Crippen LogP contribution in [0.1, 0.15) is 19.3 Å². The molecule has 0 spiro atoms. The highest BCUT2D eigenvalue weighted by Gasteiger charge is 2.19. The summed E-state index contributed by atoms with van der Waals surface area (Å²) in [5.74, 6) is 0.510. The van der Waals surface area contributed by atoms with E-state index >= 15 is 0 Å². The molecule has 2 rings (SSSR count). The summed E-state index contributed by atoms with van der Waals surface area (Å²) in [4.78, 5) is 22.2. The molecule has 1 amide bonds. The Bertz CT molecular complexity index is 760. The summed E-state index contributed by atoms with van der Waals surface area (Å²) >= 11 is 0. The van der Waals surface area contributed by atoms with Crippen LogP contribution in [0, 0.1) is 16.0 Å². The Morgan fingerprint density at radius 2 is 2.15 bits per heavy atom. The number of sulfone groups is 1. The number of nitrogens with zero attached hydrogens (tertiary/aromatic N) is 1. The van der Waals surface area contributed by atoms with Crippen molar-refractivity contribution >= 4 is 27.1 Å². The first kappa shape index (κ1) is 20.1. The fourth-order valence-corrected chi connectivity index (χ4v) is 3.47. The number of nitro benzene ring substituents is 1. The highest BCUT2D eigenvalue weighted by Crippen LogP contribution is 2.27. The van der Waals surface area contributed by atoms with Gasteiger partial charge in [-0.15, -0.1) is 0 Å². The lowest BCUT2D eigenvalue weighted by molar-refractivity contribution is -0.384. The second kappa shape index (κ2) is 8.95. The van der Waals surface area contributed by atoms with E-state index in [2.05, 4.69) is 16.0 Å². The van der Waals surface area contributed by atoms with Crippen molar-refractivity contribution in [3.63, 3.8) is 0 Å². The molecule has 10 heteroatoms. The number of carbonyl (C=O) groups excluding carboxylic acids is 1. The van der Waals surface area contributed by atoms with E-state index in [9.17, 15) is 23.3 Å². The third-order valence-electron chi connectivity index (χ3n) is 4.30. The second-order valence-corrected chi connectivity index (χ2v) is 8.40. The standard InChI is InChI=1S/C16H24N4O5S/c1-26(24,25)13-3-4-14(15(10-13)20(22)23)18-8-9-19-16(21)5-2-12-6-7-17-11-12/h3-4,10,12,17-18H,2,5-9,11H2,1H3,(H,19,21). The minimum Gasteiger partial charge on any atom is -0.378 e. The van der Waals surface area contributed by atoms with Gasteiger partial charge in [-0.25, -0.2) is 8.42 Å². The zero-order valence-electron chi connectivity index (χ0n) is 14.7. The van der Waals surface area contributed by atoms with Gasteiger partial charge in [0.2, 0.25) is 5.91 Å². The summed E-state index contributed by atoms with van der Waals surface area (Å²) in [5, 5.41) is 20.0. The monoisotopic (exact) mass is 384 g/mol. The number of amides is 1. The Kier molecular flexibility index (Phi) is 6.92. The highest BCUT2D eigenvalue weighted by molar-refractivity contribution is 7.90. The molecule has 1 aliphatic rings. The average molecular weight is 384 g/mol. The first-order valence-electron chi connectivity index (χ1n) is 8.47. The van der Waals surface area contributed by atoms with Crippen LogP contribution in [0.4, 0.5) is 11.4 Å². The van der Waals surface area contributed by atoms with E-state index in [1.54, 1.807) is 0 Å². The lowest BCUT2D eigenvalue weighted by atomic mass is 10.0. The molecule has 144 valence electrons. The molecular formula is C16H24N4O5S. The van der Waals surface area contributed by atoms with Crippen molar-refractivity contribution in [1.29, 1.82) is 0 Å². The summed E-state index contributed by atoms with van der Waals surface area (Å²) in [7, 11) is -3.52. The Hall–Kier alpha value is -2.20. The van der Waals surface area contributed by atoms with Gasteiger partial charge in [0.1, 0.15) is 5.69 Å². The lowest BCUT2D eigenvalue weighted by Gasteiger charge is -2.10. The van der Waals surface area contributed by atoms with E-state index in [0.717, 1.165) is 38.3 Å². The van der Waals surface area contributed by atoms with Gasteiger partial charge in [-0.3, -0.25) is 14.9 Å². The van der Waals surface area contributed by atoms with Gasteiger partial charge in [0.25, 0.3) is 5.69 Å². The van der Waals surface area contributed by atoms with E-state index in [-0.39, 0.29) is 22.2 Å². The molecule has 0 aliphatic carbocycles. The third-order valence-corrected chi connectivity index (χ3v) is 5.41. The minimum atomic E-state index is -3.52. The van der Waals surface area contributed by atoms with Gasteiger partial charge in [0.15, 0.2) is 9.84 Å². The van der Waals surface area contributed by atoms with Crippen LogP contribution in [0.5, 0.6) is 0 Å². The van der Waals surface area contributed by atoms with Crippen molar-refractivity contribution in [2.75, 3.05) is 37.8 Å². The maximum atomic E-state index is 11.8. The number of hydrogen-bond donors (Lipinski definition) is 3. The van der Waals surface area contributed by atoms with Crippen LogP contribution in [0.25, 0.3) is 0 Å². The second-order valence-electron chi connectivity index (χ2n) is 6.38. The summed E-state index contributed by atoms with van der Waals surface area (Å²) in [6.45, 7) is 2.59. The smallest absolute Gasteiger partial charge is 0.293 e. The molecule has 9 nitrogen and oxygen atoms in total. The first-order valence-corrected chi connectivity index (χ1v) is 10.4. The molecule has 1 unspecified atom stereocenters. The van der Waals surface area contributed by atoms with Crippen LogP contribution >= 0.6 is 0 Å². The Morgan fingerprint density at radius 3 is 2.77 bits per heavy atom. The zero-order valence-corrected chi connectivity index (χ0v) is 15.5. The molecule has 26 heavy (non-hydrogen) atoms.